The summed E-state index contributed by atoms with van der Waals surface area (Å²) in [5, 5.41) is 5.71. The van der Waals surface area contributed by atoms with E-state index in [9.17, 15) is 0 Å². The second kappa shape index (κ2) is 5.29. The molecule has 0 aliphatic rings. The fourth-order valence-electron chi connectivity index (χ4n) is 2.27. The highest BCUT2D eigenvalue weighted by atomic mass is 35.5. The van der Waals surface area contributed by atoms with Crippen molar-refractivity contribution in [2.75, 3.05) is 7.05 Å². The van der Waals surface area contributed by atoms with Crippen LogP contribution in [0.15, 0.2) is 48.7 Å². The van der Waals surface area contributed by atoms with Crippen molar-refractivity contribution >= 4 is 33.7 Å². The minimum Gasteiger partial charge on any atom is -0.307 e. The van der Waals surface area contributed by atoms with Crippen molar-refractivity contribution in [1.29, 1.82) is 0 Å². The Balaban J connectivity index is 2.16. The fourth-order valence-corrected chi connectivity index (χ4v) is 3.45. The van der Waals surface area contributed by atoms with Gasteiger partial charge in [0.15, 0.2) is 0 Å². The van der Waals surface area contributed by atoms with E-state index in [1.807, 2.05) is 37.5 Å². The Morgan fingerprint density at radius 3 is 2.74 bits per heavy atom. The normalized spacial score (nSPS) is 12.7. The lowest BCUT2D eigenvalue weighted by molar-refractivity contribution is 0.689. The van der Waals surface area contributed by atoms with Crippen LogP contribution in [0, 0.1) is 0 Å². The zero-order valence-electron chi connectivity index (χ0n) is 10.4. The highest BCUT2D eigenvalue weighted by molar-refractivity contribution is 7.16. The van der Waals surface area contributed by atoms with Crippen LogP contribution in [0.1, 0.15) is 16.6 Å². The van der Waals surface area contributed by atoms with E-state index in [2.05, 4.69) is 28.5 Å². The molecule has 3 aromatic rings. The molecule has 3 rings (SSSR count). The first-order valence-corrected chi connectivity index (χ1v) is 7.25. The van der Waals surface area contributed by atoms with Crippen molar-refractivity contribution < 1.29 is 0 Å². The van der Waals surface area contributed by atoms with Crippen LogP contribution in [-0.2, 0) is 0 Å². The number of thiophene rings is 1. The van der Waals surface area contributed by atoms with E-state index in [0.717, 1.165) is 10.0 Å². The van der Waals surface area contributed by atoms with E-state index < -0.39 is 0 Å². The summed E-state index contributed by atoms with van der Waals surface area (Å²) in [4.78, 5) is 5.74. The van der Waals surface area contributed by atoms with Crippen molar-refractivity contribution in [2.24, 2.45) is 0 Å². The molecule has 0 fully saturated rings. The average molecular weight is 289 g/mol. The molecule has 1 aromatic carbocycles. The molecule has 0 spiro atoms. The number of pyridine rings is 1. The third-order valence-corrected chi connectivity index (χ3v) is 4.44. The summed E-state index contributed by atoms with van der Waals surface area (Å²) in [6, 6.07) is 14.4. The number of hydrogen-bond donors (Lipinski definition) is 1. The third kappa shape index (κ3) is 2.37. The van der Waals surface area contributed by atoms with Crippen LogP contribution in [0.4, 0.5) is 0 Å². The first kappa shape index (κ1) is 12.6. The van der Waals surface area contributed by atoms with Crippen LogP contribution in [0.3, 0.4) is 0 Å². The first-order valence-electron chi connectivity index (χ1n) is 6.06. The third-order valence-electron chi connectivity index (χ3n) is 3.15. The Morgan fingerprint density at radius 2 is 2.00 bits per heavy atom. The number of halogens is 1. The molecule has 2 nitrogen and oxygen atoms in total. The van der Waals surface area contributed by atoms with Crippen molar-refractivity contribution in [3.05, 3.63) is 63.6 Å². The van der Waals surface area contributed by atoms with E-state index >= 15 is 0 Å². The van der Waals surface area contributed by atoms with Crippen LogP contribution in [0.5, 0.6) is 0 Å². The maximum Gasteiger partial charge on any atom is 0.0931 e. The van der Waals surface area contributed by atoms with Gasteiger partial charge in [0.2, 0.25) is 0 Å². The molecular weight excluding hydrogens is 276 g/mol. The summed E-state index contributed by atoms with van der Waals surface area (Å²) in [6.07, 6.45) is 1.86. The van der Waals surface area contributed by atoms with E-state index in [0.29, 0.717) is 0 Å². The topological polar surface area (TPSA) is 24.9 Å². The molecule has 0 aliphatic carbocycles. The lowest BCUT2D eigenvalue weighted by atomic mass is 10.0. The highest BCUT2D eigenvalue weighted by Crippen LogP contribution is 2.32. The smallest absolute Gasteiger partial charge is 0.0931 e. The standard InChI is InChI=1S/C15H13ClN2S/c1-17-15(12-6-7-13(16)19-12)14-11-5-3-2-4-10(11)8-9-18-14/h2-9,15,17H,1H3. The SMILES string of the molecule is CNC(c1ccc(Cl)s1)c1nccc2ccccc12. The summed E-state index contributed by atoms with van der Waals surface area (Å²) in [6.45, 7) is 0. The van der Waals surface area contributed by atoms with Crippen LogP contribution in [0.25, 0.3) is 10.8 Å². The summed E-state index contributed by atoms with van der Waals surface area (Å²) in [5.74, 6) is 0. The van der Waals surface area contributed by atoms with E-state index in [-0.39, 0.29) is 6.04 Å². The minimum atomic E-state index is 0.0728. The van der Waals surface area contributed by atoms with Crippen LogP contribution >= 0.6 is 22.9 Å². The molecule has 0 saturated heterocycles. The second-order valence-corrected chi connectivity index (χ2v) is 6.03. The Hall–Kier alpha value is -1.42. The Bertz CT molecular complexity index is 703. The molecule has 0 bridgehead atoms. The fraction of sp³-hybridized carbons (Fsp3) is 0.133. The molecule has 1 atom stereocenters. The molecule has 2 heterocycles. The lowest BCUT2D eigenvalue weighted by Crippen LogP contribution is -2.18. The van der Waals surface area contributed by atoms with E-state index in [1.165, 1.54) is 15.6 Å². The van der Waals surface area contributed by atoms with Gasteiger partial charge in [0.25, 0.3) is 0 Å². The van der Waals surface area contributed by atoms with Crippen molar-refractivity contribution in [2.45, 2.75) is 6.04 Å². The van der Waals surface area contributed by atoms with Crippen molar-refractivity contribution in [1.82, 2.24) is 10.3 Å². The van der Waals surface area contributed by atoms with Gasteiger partial charge in [0.05, 0.1) is 16.1 Å². The molecule has 96 valence electrons. The van der Waals surface area contributed by atoms with Gasteiger partial charge in [0, 0.05) is 16.5 Å². The number of hydrogen-bond acceptors (Lipinski definition) is 3. The van der Waals surface area contributed by atoms with Gasteiger partial charge >= 0.3 is 0 Å². The second-order valence-electron chi connectivity index (χ2n) is 4.28. The predicted molar refractivity (Wildman–Crippen MR) is 82.0 cm³/mol. The Labute approximate surface area is 121 Å². The first-order chi connectivity index (χ1) is 9.29. The zero-order chi connectivity index (χ0) is 13.2. The molecular formula is C15H13ClN2S. The van der Waals surface area contributed by atoms with Crippen LogP contribution in [-0.4, -0.2) is 12.0 Å². The van der Waals surface area contributed by atoms with Crippen LogP contribution < -0.4 is 5.32 Å². The molecule has 19 heavy (non-hydrogen) atoms. The molecule has 0 aliphatic heterocycles. The Kier molecular flexibility index (Phi) is 3.51. The van der Waals surface area contributed by atoms with Gasteiger partial charge < -0.3 is 5.32 Å². The van der Waals surface area contributed by atoms with Crippen molar-refractivity contribution in [3.63, 3.8) is 0 Å². The maximum atomic E-state index is 6.04. The molecule has 0 radical (unpaired) electrons. The summed E-state index contributed by atoms with van der Waals surface area (Å²) in [7, 11) is 1.95. The minimum absolute atomic E-state index is 0.0728. The lowest BCUT2D eigenvalue weighted by Gasteiger charge is -2.16. The largest absolute Gasteiger partial charge is 0.307 e. The van der Waals surface area contributed by atoms with Gasteiger partial charge in [0.1, 0.15) is 0 Å². The number of nitrogens with one attached hydrogen (secondary N) is 1. The number of benzene rings is 1. The summed E-state index contributed by atoms with van der Waals surface area (Å²) >= 11 is 7.62. The molecule has 1 N–H and O–H groups in total. The van der Waals surface area contributed by atoms with Gasteiger partial charge in [-0.3, -0.25) is 4.98 Å². The summed E-state index contributed by atoms with van der Waals surface area (Å²) in [5.41, 5.74) is 1.04. The van der Waals surface area contributed by atoms with Gasteiger partial charge in [-0.15, -0.1) is 11.3 Å². The van der Waals surface area contributed by atoms with Gasteiger partial charge in [-0.2, -0.15) is 0 Å². The molecule has 1 unspecified atom stereocenters. The van der Waals surface area contributed by atoms with E-state index in [4.69, 9.17) is 11.6 Å². The number of rotatable bonds is 3. The van der Waals surface area contributed by atoms with Crippen molar-refractivity contribution in [3.8, 4) is 0 Å². The monoisotopic (exact) mass is 288 g/mol. The average Bonchev–Trinajstić information content (AvgIpc) is 2.86. The number of fused-ring (bicyclic) bond motifs is 1. The molecule has 2 aromatic heterocycles. The zero-order valence-corrected chi connectivity index (χ0v) is 12.0. The van der Waals surface area contributed by atoms with Gasteiger partial charge in [-0.25, -0.2) is 0 Å². The molecule has 4 heteroatoms. The van der Waals surface area contributed by atoms with Gasteiger partial charge in [-0.05, 0) is 30.6 Å². The Morgan fingerprint density at radius 1 is 1.16 bits per heavy atom. The van der Waals surface area contributed by atoms with Gasteiger partial charge in [-0.1, -0.05) is 35.9 Å². The van der Waals surface area contributed by atoms with E-state index in [1.54, 1.807) is 11.3 Å². The van der Waals surface area contributed by atoms with Crippen LogP contribution in [0.2, 0.25) is 4.34 Å². The summed E-state index contributed by atoms with van der Waals surface area (Å²) < 4.78 is 0.801. The maximum absolute atomic E-state index is 6.04. The number of nitrogens with zero attached hydrogens (tertiary/aromatic N) is 1. The highest BCUT2D eigenvalue weighted by Gasteiger charge is 2.17. The molecule has 0 saturated carbocycles. The quantitative estimate of drug-likeness (QED) is 0.779. The number of aromatic nitrogens is 1. The predicted octanol–water partition coefficient (Wildman–Crippen LogP) is 4.26. The molecule has 0 amide bonds.